The number of carbonyl (C=O) groups is 1. The van der Waals surface area contributed by atoms with Crippen molar-refractivity contribution in [3.05, 3.63) is 59.1 Å². The van der Waals surface area contributed by atoms with Crippen LogP contribution in [-0.4, -0.2) is 20.1 Å². The van der Waals surface area contributed by atoms with E-state index in [-0.39, 0.29) is 16.6 Å². The van der Waals surface area contributed by atoms with Gasteiger partial charge in [-0.2, -0.15) is 0 Å². The summed E-state index contributed by atoms with van der Waals surface area (Å²) in [6.45, 7) is 0. The largest absolute Gasteiger partial charge is 0.325 e. The molecule has 0 aromatic heterocycles. The lowest BCUT2D eigenvalue weighted by molar-refractivity contribution is -0.113. The Morgan fingerprint density at radius 2 is 1.87 bits per heavy atom. The third-order valence-corrected chi connectivity index (χ3v) is 5.03. The van der Waals surface area contributed by atoms with E-state index in [0.717, 1.165) is 5.56 Å². The molecule has 0 aliphatic rings. The van der Waals surface area contributed by atoms with E-state index in [4.69, 9.17) is 16.7 Å². The van der Waals surface area contributed by atoms with Crippen LogP contribution in [0.5, 0.6) is 0 Å². The van der Waals surface area contributed by atoms with Crippen molar-refractivity contribution in [2.75, 3.05) is 11.1 Å². The van der Waals surface area contributed by atoms with Crippen LogP contribution in [0.2, 0.25) is 5.02 Å². The van der Waals surface area contributed by atoms with Gasteiger partial charge >= 0.3 is 0 Å². The Hall–Kier alpha value is -1.54. The van der Waals surface area contributed by atoms with Crippen LogP contribution in [0, 0.1) is 0 Å². The van der Waals surface area contributed by atoms with Crippen molar-refractivity contribution in [3.63, 3.8) is 0 Å². The number of rotatable bonds is 6. The molecule has 2 aromatic carbocycles. The summed E-state index contributed by atoms with van der Waals surface area (Å²) in [6.07, 6.45) is 0. The Kier molecular flexibility index (Phi) is 6.06. The van der Waals surface area contributed by atoms with Gasteiger partial charge in [0, 0.05) is 16.5 Å². The number of benzene rings is 2. The molecule has 0 aliphatic carbocycles. The van der Waals surface area contributed by atoms with Crippen molar-refractivity contribution in [1.29, 1.82) is 0 Å². The standard InChI is InChI=1S/C15H15ClN2O3S2/c16-12-6-4-11(5-7-12)9-22-10-15(19)18-13-2-1-3-14(8-13)23(17,20)21/h1-8H,9-10H2,(H,18,19)(H2,17,20,21). The quantitative estimate of drug-likeness (QED) is 0.818. The lowest BCUT2D eigenvalue weighted by Gasteiger charge is -2.07. The first-order valence-electron chi connectivity index (χ1n) is 6.59. The lowest BCUT2D eigenvalue weighted by atomic mass is 10.2. The molecule has 0 fully saturated rings. The maximum absolute atomic E-state index is 11.9. The molecule has 1 amide bonds. The highest BCUT2D eigenvalue weighted by atomic mass is 35.5. The summed E-state index contributed by atoms with van der Waals surface area (Å²) < 4.78 is 22.6. The highest BCUT2D eigenvalue weighted by molar-refractivity contribution is 7.99. The molecule has 0 unspecified atom stereocenters. The SMILES string of the molecule is NS(=O)(=O)c1cccc(NC(=O)CSCc2ccc(Cl)cc2)c1. The van der Waals surface area contributed by atoms with Crippen molar-refractivity contribution in [2.24, 2.45) is 5.14 Å². The summed E-state index contributed by atoms with van der Waals surface area (Å²) >= 11 is 7.26. The van der Waals surface area contributed by atoms with E-state index in [1.54, 1.807) is 18.2 Å². The maximum Gasteiger partial charge on any atom is 0.238 e. The monoisotopic (exact) mass is 370 g/mol. The van der Waals surface area contributed by atoms with Crippen molar-refractivity contribution in [2.45, 2.75) is 10.6 Å². The van der Waals surface area contributed by atoms with E-state index in [9.17, 15) is 13.2 Å². The second kappa shape index (κ2) is 7.83. The Morgan fingerprint density at radius 1 is 1.17 bits per heavy atom. The van der Waals surface area contributed by atoms with E-state index >= 15 is 0 Å². The molecule has 0 atom stereocenters. The first-order valence-corrected chi connectivity index (χ1v) is 9.67. The molecule has 0 bridgehead atoms. The van der Waals surface area contributed by atoms with Gasteiger partial charge in [0.25, 0.3) is 0 Å². The zero-order chi connectivity index (χ0) is 16.9. The number of anilines is 1. The van der Waals surface area contributed by atoms with Crippen molar-refractivity contribution in [3.8, 4) is 0 Å². The van der Waals surface area contributed by atoms with Crippen LogP contribution in [0.15, 0.2) is 53.4 Å². The van der Waals surface area contributed by atoms with Crippen LogP contribution < -0.4 is 10.5 Å². The molecule has 0 spiro atoms. The summed E-state index contributed by atoms with van der Waals surface area (Å²) in [6, 6.07) is 13.3. The molecule has 23 heavy (non-hydrogen) atoms. The minimum absolute atomic E-state index is 0.0379. The highest BCUT2D eigenvalue weighted by Crippen LogP contribution is 2.17. The number of thioether (sulfide) groups is 1. The number of halogens is 1. The predicted octanol–water partition coefficient (Wildman–Crippen LogP) is 2.86. The average Bonchev–Trinajstić information content (AvgIpc) is 2.49. The second-order valence-corrected chi connectivity index (χ2v) is 7.72. The number of hydrogen-bond acceptors (Lipinski definition) is 4. The first kappa shape index (κ1) is 17.8. The smallest absolute Gasteiger partial charge is 0.238 e. The third-order valence-electron chi connectivity index (χ3n) is 2.86. The van der Waals surface area contributed by atoms with Crippen LogP contribution in [0.3, 0.4) is 0 Å². The number of nitrogens with two attached hydrogens (primary N) is 1. The fraction of sp³-hybridized carbons (Fsp3) is 0.133. The first-order chi connectivity index (χ1) is 10.8. The summed E-state index contributed by atoms with van der Waals surface area (Å²) in [5, 5.41) is 8.38. The molecule has 2 aromatic rings. The van der Waals surface area contributed by atoms with Crippen LogP contribution in [-0.2, 0) is 20.6 Å². The lowest BCUT2D eigenvalue weighted by Crippen LogP contribution is -2.16. The fourth-order valence-corrected chi connectivity index (χ4v) is 3.26. The van der Waals surface area contributed by atoms with Gasteiger partial charge in [-0.05, 0) is 35.9 Å². The third kappa shape index (κ3) is 5.87. The van der Waals surface area contributed by atoms with Gasteiger partial charge in [-0.25, -0.2) is 13.6 Å². The van der Waals surface area contributed by atoms with Crippen molar-refractivity contribution >= 4 is 45.0 Å². The molecule has 8 heteroatoms. The van der Waals surface area contributed by atoms with Gasteiger partial charge in [0.1, 0.15) is 0 Å². The zero-order valence-corrected chi connectivity index (χ0v) is 14.4. The van der Waals surface area contributed by atoms with Gasteiger partial charge in [-0.1, -0.05) is 29.8 Å². The summed E-state index contributed by atoms with van der Waals surface area (Å²) in [4.78, 5) is 11.8. The van der Waals surface area contributed by atoms with E-state index in [1.165, 1.54) is 30.0 Å². The number of nitrogens with one attached hydrogen (secondary N) is 1. The molecular weight excluding hydrogens is 356 g/mol. The molecule has 0 heterocycles. The summed E-state index contributed by atoms with van der Waals surface area (Å²) in [5.74, 6) is 0.722. The molecule has 0 radical (unpaired) electrons. The normalized spacial score (nSPS) is 11.2. The van der Waals surface area contributed by atoms with E-state index in [2.05, 4.69) is 5.32 Å². The van der Waals surface area contributed by atoms with Crippen molar-refractivity contribution < 1.29 is 13.2 Å². The highest BCUT2D eigenvalue weighted by Gasteiger charge is 2.09. The topological polar surface area (TPSA) is 89.3 Å². The molecular formula is C15H15ClN2O3S2. The summed E-state index contributed by atoms with van der Waals surface area (Å²) in [7, 11) is -3.78. The molecule has 0 aliphatic heterocycles. The van der Waals surface area contributed by atoms with E-state index in [1.807, 2.05) is 12.1 Å². The number of carbonyl (C=O) groups excluding carboxylic acids is 1. The predicted molar refractivity (Wildman–Crippen MR) is 94.1 cm³/mol. The van der Waals surface area contributed by atoms with E-state index < -0.39 is 10.0 Å². The van der Waals surface area contributed by atoms with Gasteiger partial charge in [-0.15, -0.1) is 11.8 Å². The van der Waals surface area contributed by atoms with Gasteiger partial charge in [-0.3, -0.25) is 4.79 Å². The van der Waals surface area contributed by atoms with Gasteiger partial charge in [0.05, 0.1) is 10.6 Å². The maximum atomic E-state index is 11.9. The zero-order valence-electron chi connectivity index (χ0n) is 12.0. The van der Waals surface area contributed by atoms with Crippen molar-refractivity contribution in [1.82, 2.24) is 0 Å². The van der Waals surface area contributed by atoms with Crippen LogP contribution in [0.4, 0.5) is 5.69 Å². The van der Waals surface area contributed by atoms with Crippen LogP contribution in [0.25, 0.3) is 0 Å². The Labute approximate surface area is 144 Å². The molecule has 5 nitrogen and oxygen atoms in total. The fourth-order valence-electron chi connectivity index (χ4n) is 1.79. The molecule has 0 saturated heterocycles. The average molecular weight is 371 g/mol. The Balaban J connectivity index is 1.86. The minimum Gasteiger partial charge on any atom is -0.325 e. The van der Waals surface area contributed by atoms with Gasteiger partial charge in [0.15, 0.2) is 0 Å². The van der Waals surface area contributed by atoms with Gasteiger partial charge in [0.2, 0.25) is 15.9 Å². The molecule has 0 saturated carbocycles. The summed E-state index contributed by atoms with van der Waals surface area (Å²) in [5.41, 5.74) is 1.47. The number of primary sulfonamides is 1. The minimum atomic E-state index is -3.78. The second-order valence-electron chi connectivity index (χ2n) is 4.74. The number of amides is 1. The Bertz CT molecular complexity index is 793. The molecule has 122 valence electrons. The van der Waals surface area contributed by atoms with Crippen LogP contribution in [0.1, 0.15) is 5.56 Å². The number of hydrogen-bond donors (Lipinski definition) is 2. The van der Waals surface area contributed by atoms with E-state index in [0.29, 0.717) is 16.5 Å². The molecule has 3 N–H and O–H groups in total. The molecule has 2 rings (SSSR count). The van der Waals surface area contributed by atoms with Crippen LogP contribution >= 0.6 is 23.4 Å². The Morgan fingerprint density at radius 3 is 2.52 bits per heavy atom. The van der Waals surface area contributed by atoms with Gasteiger partial charge < -0.3 is 5.32 Å². The number of sulfonamides is 1.